The minimum absolute atomic E-state index is 0. The zero-order chi connectivity index (χ0) is 12.8. The monoisotopic (exact) mass is 412 g/mol. The minimum Gasteiger partial charge on any atom is -0.449 e. The zero-order valence-corrected chi connectivity index (χ0v) is 15.0. The Balaban J connectivity index is -0.0000000250. The summed E-state index contributed by atoms with van der Waals surface area (Å²) in [7, 11) is 0. The van der Waals surface area contributed by atoms with Gasteiger partial charge in [-0.1, -0.05) is 27.2 Å². The van der Waals surface area contributed by atoms with Gasteiger partial charge in [-0.05, 0) is 5.92 Å². The van der Waals surface area contributed by atoms with E-state index in [4.69, 9.17) is 20.9 Å². The fourth-order valence-electron chi connectivity index (χ4n) is 1.29. The molecule has 0 saturated carbocycles. The molecule has 0 aromatic rings. The van der Waals surface area contributed by atoms with Crippen molar-refractivity contribution in [3.63, 3.8) is 0 Å². The molecule has 0 aliphatic carbocycles. The van der Waals surface area contributed by atoms with Crippen molar-refractivity contribution in [1.82, 2.24) is 0 Å². The van der Waals surface area contributed by atoms with Crippen molar-refractivity contribution in [2.45, 2.75) is 27.2 Å². The summed E-state index contributed by atoms with van der Waals surface area (Å²) in [5.41, 5.74) is 9.33. The Morgan fingerprint density at radius 2 is 1.00 bits per heavy atom. The fourth-order valence-corrected chi connectivity index (χ4v) is 1.29. The van der Waals surface area contributed by atoms with Gasteiger partial charge in [0.15, 0.2) is 0 Å². The van der Waals surface area contributed by atoms with Gasteiger partial charge in [0.05, 0.1) is 0 Å². The molecule has 0 aliphatic heterocycles. The van der Waals surface area contributed by atoms with Gasteiger partial charge in [0, 0.05) is 5.41 Å². The van der Waals surface area contributed by atoms with Crippen molar-refractivity contribution in [2.75, 3.05) is 13.2 Å². The quantitative estimate of drug-likeness (QED) is 0.428. The largest absolute Gasteiger partial charge is 0.449 e. The molecule has 0 heterocycles. The van der Waals surface area contributed by atoms with Crippen molar-refractivity contribution in [2.24, 2.45) is 22.8 Å². The summed E-state index contributed by atoms with van der Waals surface area (Å²) in [5, 5.41) is 0. The Labute approximate surface area is 150 Å². The van der Waals surface area contributed by atoms with Crippen molar-refractivity contribution in [3.05, 3.63) is 0 Å². The standard InChI is InChI=1S/C10H20N2O4.10H2O/c1-4-7(2)10(3,5-15-8(11)13)6-16-9(12)14;;;;;;;;;;/h7H,4-6H2,1-3H3,(H2,11,13)(H2,12,14);10*1H2. The van der Waals surface area contributed by atoms with Crippen LogP contribution in [0.25, 0.3) is 0 Å². The van der Waals surface area contributed by atoms with Crippen LogP contribution in [0.5, 0.6) is 0 Å². The summed E-state index contributed by atoms with van der Waals surface area (Å²) < 4.78 is 9.54. The summed E-state index contributed by atoms with van der Waals surface area (Å²) in [4.78, 5) is 21.1. The van der Waals surface area contributed by atoms with Crippen LogP contribution >= 0.6 is 0 Å². The first-order valence-corrected chi connectivity index (χ1v) is 5.16. The van der Waals surface area contributed by atoms with Crippen LogP contribution in [-0.2, 0) is 9.47 Å². The molecule has 0 radical (unpaired) electrons. The minimum atomic E-state index is -0.839. The Hall–Kier alpha value is -1.86. The maximum absolute atomic E-state index is 10.6. The molecule has 174 valence electrons. The Morgan fingerprint density at radius 1 is 0.769 bits per heavy atom. The normalized spacial score (nSPS) is 7.96. The Bertz CT molecular complexity index is 250. The molecule has 0 spiro atoms. The van der Waals surface area contributed by atoms with Gasteiger partial charge in [-0.25, -0.2) is 9.59 Å². The smallest absolute Gasteiger partial charge is 0.404 e. The van der Waals surface area contributed by atoms with Crippen molar-refractivity contribution < 1.29 is 73.8 Å². The number of carbonyl (C=O) groups excluding carboxylic acids is 2. The molecule has 16 nitrogen and oxygen atoms in total. The van der Waals surface area contributed by atoms with E-state index in [0.29, 0.717) is 0 Å². The van der Waals surface area contributed by atoms with Crippen LogP contribution in [0.4, 0.5) is 9.59 Å². The second-order valence-electron chi connectivity index (χ2n) is 4.18. The number of hydrogen-bond donors (Lipinski definition) is 2. The predicted molar refractivity (Wildman–Crippen MR) is 94.8 cm³/mol. The molecule has 2 amide bonds. The maximum Gasteiger partial charge on any atom is 0.404 e. The van der Waals surface area contributed by atoms with Crippen LogP contribution in [-0.4, -0.2) is 80.2 Å². The van der Waals surface area contributed by atoms with Crippen LogP contribution in [0.1, 0.15) is 27.2 Å². The molecular formula is C10H40N2O14. The molecular weight excluding hydrogens is 372 g/mol. The molecule has 1 unspecified atom stereocenters. The third kappa shape index (κ3) is 30.1. The Kier molecular flexibility index (Phi) is 99.3. The topological polar surface area (TPSA) is 420 Å². The van der Waals surface area contributed by atoms with E-state index in [1.54, 1.807) is 0 Å². The molecule has 16 heteroatoms. The van der Waals surface area contributed by atoms with E-state index in [9.17, 15) is 9.59 Å². The van der Waals surface area contributed by atoms with Crippen LogP contribution in [0.2, 0.25) is 0 Å². The van der Waals surface area contributed by atoms with Crippen molar-refractivity contribution in [3.8, 4) is 0 Å². The summed E-state index contributed by atoms with van der Waals surface area (Å²) in [6.45, 7) is 6.04. The lowest BCUT2D eigenvalue weighted by atomic mass is 9.78. The summed E-state index contributed by atoms with van der Waals surface area (Å²) >= 11 is 0. The van der Waals surface area contributed by atoms with Crippen LogP contribution in [0, 0.1) is 11.3 Å². The average molecular weight is 412 g/mol. The van der Waals surface area contributed by atoms with E-state index >= 15 is 0 Å². The lowest BCUT2D eigenvalue weighted by Crippen LogP contribution is -2.38. The van der Waals surface area contributed by atoms with Gasteiger partial charge in [-0.3, -0.25) is 0 Å². The number of carbonyl (C=O) groups is 2. The lowest BCUT2D eigenvalue weighted by Gasteiger charge is -2.33. The molecule has 24 N–H and O–H groups in total. The molecule has 0 aromatic heterocycles. The van der Waals surface area contributed by atoms with Crippen LogP contribution in [0.3, 0.4) is 0 Å². The lowest BCUT2D eigenvalue weighted by molar-refractivity contribution is 0.00795. The third-order valence-electron chi connectivity index (χ3n) is 2.89. The van der Waals surface area contributed by atoms with Gasteiger partial charge < -0.3 is 75.7 Å². The predicted octanol–water partition coefficient (Wildman–Crippen LogP) is -7.02. The van der Waals surface area contributed by atoms with Crippen LogP contribution < -0.4 is 11.5 Å². The van der Waals surface area contributed by atoms with Crippen molar-refractivity contribution in [1.29, 1.82) is 0 Å². The highest BCUT2D eigenvalue weighted by Crippen LogP contribution is 2.30. The second kappa shape index (κ2) is 34.5. The van der Waals surface area contributed by atoms with Gasteiger partial charge in [-0.2, -0.15) is 0 Å². The number of amides is 2. The molecule has 26 heavy (non-hydrogen) atoms. The first-order valence-electron chi connectivity index (χ1n) is 5.16. The molecule has 0 saturated heterocycles. The number of ether oxygens (including phenoxy) is 2. The number of hydrogen-bond acceptors (Lipinski definition) is 4. The van der Waals surface area contributed by atoms with E-state index in [2.05, 4.69) is 0 Å². The van der Waals surface area contributed by atoms with E-state index in [1.807, 2.05) is 20.8 Å². The van der Waals surface area contributed by atoms with E-state index in [-0.39, 0.29) is 73.9 Å². The summed E-state index contributed by atoms with van der Waals surface area (Å²) in [6, 6.07) is 0. The highest BCUT2D eigenvalue weighted by atomic mass is 16.6. The van der Waals surface area contributed by atoms with E-state index in [1.165, 1.54) is 0 Å². The van der Waals surface area contributed by atoms with Crippen LogP contribution in [0.15, 0.2) is 0 Å². The number of nitrogens with two attached hydrogens (primary N) is 2. The summed E-state index contributed by atoms with van der Waals surface area (Å²) in [6.07, 6.45) is -0.817. The zero-order valence-electron chi connectivity index (χ0n) is 15.0. The highest BCUT2D eigenvalue weighted by Gasteiger charge is 2.33. The molecule has 0 fully saturated rings. The first-order chi connectivity index (χ1) is 7.31. The Morgan fingerprint density at radius 3 is 1.15 bits per heavy atom. The van der Waals surface area contributed by atoms with E-state index < -0.39 is 17.6 Å². The molecule has 0 aliphatic rings. The SMILES string of the molecule is CCC(C)C(C)(COC(N)=O)COC(N)=O.O.O.O.O.O.O.O.O.O.O. The molecule has 1 atom stereocenters. The van der Waals surface area contributed by atoms with Gasteiger partial charge >= 0.3 is 12.2 Å². The second-order valence-corrected chi connectivity index (χ2v) is 4.18. The van der Waals surface area contributed by atoms with Gasteiger partial charge in [0.1, 0.15) is 13.2 Å². The van der Waals surface area contributed by atoms with Gasteiger partial charge in [0.2, 0.25) is 0 Å². The van der Waals surface area contributed by atoms with Gasteiger partial charge in [0.25, 0.3) is 0 Å². The van der Waals surface area contributed by atoms with Crippen molar-refractivity contribution >= 4 is 12.2 Å². The molecule has 0 bridgehead atoms. The van der Waals surface area contributed by atoms with Gasteiger partial charge in [-0.15, -0.1) is 0 Å². The molecule has 0 rings (SSSR count). The fraction of sp³-hybridized carbons (Fsp3) is 0.800. The highest BCUT2D eigenvalue weighted by molar-refractivity contribution is 5.65. The number of primary amides is 2. The summed E-state index contributed by atoms with van der Waals surface area (Å²) in [5.74, 6) is 0.200. The first kappa shape index (κ1) is 74.9. The molecule has 0 aromatic carbocycles. The maximum atomic E-state index is 10.6. The van der Waals surface area contributed by atoms with E-state index in [0.717, 1.165) is 6.42 Å². The third-order valence-corrected chi connectivity index (χ3v) is 2.89. The number of rotatable bonds is 6. The average Bonchev–Trinajstić information content (AvgIpc) is 2.22.